The number of carbonyl (C=O) groups is 1. The molecule has 11 nitrogen and oxygen atoms in total. The predicted octanol–water partition coefficient (Wildman–Crippen LogP) is 4.25. The predicted molar refractivity (Wildman–Crippen MR) is 140 cm³/mol. The zero-order valence-electron chi connectivity index (χ0n) is 20.1. The molecule has 12 heteroatoms. The molecule has 2 aromatic carbocycles. The van der Waals surface area contributed by atoms with Crippen LogP contribution in [0.5, 0.6) is 0 Å². The van der Waals surface area contributed by atoms with Crippen molar-refractivity contribution in [3.63, 3.8) is 0 Å². The van der Waals surface area contributed by atoms with E-state index in [9.17, 15) is 9.59 Å². The maximum absolute atomic E-state index is 13.4. The molecule has 0 saturated carbocycles. The average Bonchev–Trinajstić information content (AvgIpc) is 3.70. The van der Waals surface area contributed by atoms with Crippen LogP contribution in [-0.4, -0.2) is 47.9 Å². The fourth-order valence-corrected chi connectivity index (χ4v) is 4.95. The second-order valence-corrected chi connectivity index (χ2v) is 9.23. The number of H-pyrrole nitrogens is 1. The summed E-state index contributed by atoms with van der Waals surface area (Å²) in [6.07, 6.45) is 4.18. The summed E-state index contributed by atoms with van der Waals surface area (Å²) in [6.45, 7) is 0. The molecule has 3 aromatic heterocycles. The van der Waals surface area contributed by atoms with Gasteiger partial charge < -0.3 is 14.3 Å². The molecule has 4 heterocycles. The number of tetrazole rings is 1. The van der Waals surface area contributed by atoms with Gasteiger partial charge in [0.2, 0.25) is 0 Å². The minimum absolute atomic E-state index is 0.126. The lowest BCUT2D eigenvalue weighted by Gasteiger charge is -2.15. The van der Waals surface area contributed by atoms with Gasteiger partial charge in [-0.25, -0.2) is 9.78 Å². The fraction of sp³-hybridized carbons (Fsp3) is 0.154. The molecule has 0 bridgehead atoms. The maximum Gasteiger partial charge on any atom is 0.411 e. The highest BCUT2D eigenvalue weighted by Crippen LogP contribution is 2.34. The van der Waals surface area contributed by atoms with Crippen LogP contribution in [0.25, 0.3) is 28.1 Å². The smallest absolute Gasteiger partial charge is 0.411 e. The van der Waals surface area contributed by atoms with Crippen molar-refractivity contribution in [1.82, 2.24) is 34.7 Å². The van der Waals surface area contributed by atoms with Gasteiger partial charge in [-0.05, 0) is 70.8 Å². The number of aromatic amines is 1. The third-order valence-electron chi connectivity index (χ3n) is 6.54. The van der Waals surface area contributed by atoms with E-state index in [-0.39, 0.29) is 11.6 Å². The number of carbonyl (C=O) groups excluding carboxylic acids is 1. The Morgan fingerprint density at radius 1 is 1.13 bits per heavy atom. The van der Waals surface area contributed by atoms with Gasteiger partial charge in [0.15, 0.2) is 0 Å². The Morgan fingerprint density at radius 2 is 1.97 bits per heavy atom. The third kappa shape index (κ3) is 4.33. The molecular formula is C26H21ClN8O3. The number of benzene rings is 2. The Balaban J connectivity index is 1.30. The minimum atomic E-state index is -0.530. The summed E-state index contributed by atoms with van der Waals surface area (Å²) in [5.74, 6) is 0.711. The first-order chi connectivity index (χ1) is 18.5. The van der Waals surface area contributed by atoms with Crippen molar-refractivity contribution in [3.8, 4) is 28.1 Å². The normalized spacial score (nSPS) is 14.3. The Hall–Kier alpha value is -4.77. The molecule has 0 saturated heterocycles. The molecule has 1 aliphatic rings. The molecule has 1 amide bonds. The van der Waals surface area contributed by atoms with Gasteiger partial charge in [0.1, 0.15) is 12.2 Å². The number of nitrogens with one attached hydrogen (secondary N) is 2. The Labute approximate surface area is 221 Å². The van der Waals surface area contributed by atoms with Gasteiger partial charge in [-0.2, -0.15) is 4.68 Å². The van der Waals surface area contributed by atoms with Crippen LogP contribution in [0.4, 0.5) is 10.5 Å². The van der Waals surface area contributed by atoms with Gasteiger partial charge in [0, 0.05) is 28.0 Å². The highest BCUT2D eigenvalue weighted by Gasteiger charge is 2.28. The van der Waals surface area contributed by atoms with Crippen molar-refractivity contribution in [2.45, 2.75) is 18.9 Å². The number of hydrogen-bond donors (Lipinski definition) is 2. The van der Waals surface area contributed by atoms with Crippen molar-refractivity contribution in [2.24, 2.45) is 0 Å². The SMILES string of the molecule is COC(=O)Nc1ccc(-c2cnc([C@H]3CCc4cc(-c5cc(Cl)ccc5-n5cnnn5)cc(=O)n43)[nH]2)cc1. The Kier molecular flexibility index (Phi) is 5.97. The molecule has 6 rings (SSSR count). The molecule has 0 radical (unpaired) electrons. The van der Waals surface area contributed by atoms with Crippen molar-refractivity contribution >= 4 is 23.4 Å². The standard InChI is InChI=1S/C26H21ClN8O3/c1-38-26(37)30-18-5-2-15(3-6-18)21-13-28-25(31-21)23-9-7-19-10-16(11-24(36)35(19)23)20-12-17(27)4-8-22(20)34-14-29-32-33-34/h2-6,8,10-14,23H,7,9H2,1H3,(H,28,31)(H,30,37)/t23-/m1/s1. The van der Waals surface area contributed by atoms with E-state index < -0.39 is 6.09 Å². The zero-order chi connectivity index (χ0) is 26.2. The first-order valence-electron chi connectivity index (χ1n) is 11.8. The topological polar surface area (TPSA) is 133 Å². The number of anilines is 1. The number of methoxy groups -OCH3 is 1. The van der Waals surface area contributed by atoms with E-state index in [1.54, 1.807) is 39.7 Å². The number of aryl methyl sites for hydroxylation is 1. The van der Waals surface area contributed by atoms with Crippen LogP contribution in [0.1, 0.15) is 24.0 Å². The van der Waals surface area contributed by atoms with Crippen molar-refractivity contribution in [2.75, 3.05) is 12.4 Å². The minimum Gasteiger partial charge on any atom is -0.453 e. The number of amides is 1. The Bertz CT molecular complexity index is 1690. The van der Waals surface area contributed by atoms with Crippen molar-refractivity contribution in [1.29, 1.82) is 0 Å². The maximum atomic E-state index is 13.4. The first-order valence-corrected chi connectivity index (χ1v) is 12.2. The molecule has 2 N–H and O–H groups in total. The molecule has 38 heavy (non-hydrogen) atoms. The summed E-state index contributed by atoms with van der Waals surface area (Å²) in [5.41, 5.74) is 5.35. The molecule has 0 unspecified atom stereocenters. The first kappa shape index (κ1) is 23.6. The number of ether oxygens (including phenoxy) is 1. The van der Waals surface area contributed by atoms with Gasteiger partial charge in [-0.1, -0.05) is 23.7 Å². The lowest BCUT2D eigenvalue weighted by molar-refractivity contribution is 0.187. The van der Waals surface area contributed by atoms with Gasteiger partial charge in [0.05, 0.1) is 30.7 Å². The van der Waals surface area contributed by atoms with Crippen LogP contribution >= 0.6 is 11.6 Å². The van der Waals surface area contributed by atoms with Crippen LogP contribution in [0.3, 0.4) is 0 Å². The van der Waals surface area contributed by atoms with Gasteiger partial charge in [-0.15, -0.1) is 5.10 Å². The lowest BCUT2D eigenvalue weighted by Crippen LogP contribution is -2.23. The van der Waals surface area contributed by atoms with E-state index in [0.717, 1.165) is 46.6 Å². The summed E-state index contributed by atoms with van der Waals surface area (Å²) in [5, 5.41) is 14.6. The Morgan fingerprint density at radius 3 is 2.74 bits per heavy atom. The number of pyridine rings is 1. The van der Waals surface area contributed by atoms with E-state index in [2.05, 4.69) is 35.5 Å². The summed E-state index contributed by atoms with van der Waals surface area (Å²) < 4.78 is 7.95. The highest BCUT2D eigenvalue weighted by molar-refractivity contribution is 6.31. The van der Waals surface area contributed by atoms with Crippen LogP contribution < -0.4 is 10.9 Å². The van der Waals surface area contributed by atoms with Crippen molar-refractivity contribution in [3.05, 3.63) is 94.0 Å². The molecule has 0 fully saturated rings. The number of aromatic nitrogens is 7. The number of fused-ring (bicyclic) bond motifs is 1. The quantitative estimate of drug-likeness (QED) is 0.348. The summed E-state index contributed by atoms with van der Waals surface area (Å²) in [4.78, 5) is 32.8. The van der Waals surface area contributed by atoms with Crippen LogP contribution in [-0.2, 0) is 11.2 Å². The molecule has 5 aromatic rings. The molecule has 0 aliphatic carbocycles. The molecule has 1 atom stereocenters. The number of nitrogens with zero attached hydrogens (tertiary/aromatic N) is 6. The second kappa shape index (κ2) is 9.60. The molecule has 0 spiro atoms. The lowest BCUT2D eigenvalue weighted by atomic mass is 10.0. The number of halogens is 1. The average molecular weight is 529 g/mol. The van der Waals surface area contributed by atoms with Crippen LogP contribution in [0.15, 0.2) is 71.9 Å². The van der Waals surface area contributed by atoms with Crippen molar-refractivity contribution < 1.29 is 9.53 Å². The molecular weight excluding hydrogens is 508 g/mol. The van der Waals surface area contributed by atoms with Gasteiger partial charge >= 0.3 is 6.09 Å². The van der Waals surface area contributed by atoms with E-state index in [4.69, 9.17) is 11.6 Å². The summed E-state index contributed by atoms with van der Waals surface area (Å²) >= 11 is 6.30. The van der Waals surface area contributed by atoms with E-state index >= 15 is 0 Å². The van der Waals surface area contributed by atoms with E-state index in [1.165, 1.54) is 13.4 Å². The molecule has 1 aliphatic heterocycles. The second-order valence-electron chi connectivity index (χ2n) is 8.79. The van der Waals surface area contributed by atoms with Crippen LogP contribution in [0.2, 0.25) is 5.02 Å². The van der Waals surface area contributed by atoms with E-state index in [0.29, 0.717) is 16.5 Å². The summed E-state index contributed by atoms with van der Waals surface area (Å²) in [6, 6.07) is 16.1. The molecule has 190 valence electrons. The summed E-state index contributed by atoms with van der Waals surface area (Å²) in [7, 11) is 1.31. The number of hydrogen-bond acceptors (Lipinski definition) is 7. The van der Waals surface area contributed by atoms with E-state index in [1.807, 2.05) is 30.3 Å². The highest BCUT2D eigenvalue weighted by atomic mass is 35.5. The van der Waals surface area contributed by atoms with Gasteiger partial charge in [0.25, 0.3) is 5.56 Å². The van der Waals surface area contributed by atoms with Crippen LogP contribution in [0, 0.1) is 0 Å². The fourth-order valence-electron chi connectivity index (χ4n) is 4.77. The zero-order valence-corrected chi connectivity index (χ0v) is 20.9. The monoisotopic (exact) mass is 528 g/mol. The largest absolute Gasteiger partial charge is 0.453 e. The third-order valence-corrected chi connectivity index (χ3v) is 6.77. The number of rotatable bonds is 5. The number of imidazole rings is 1. The van der Waals surface area contributed by atoms with Gasteiger partial charge in [-0.3, -0.25) is 10.1 Å².